The third kappa shape index (κ3) is 1.69. The molecule has 0 aliphatic carbocycles. The summed E-state index contributed by atoms with van der Waals surface area (Å²) in [5.74, 6) is 0.492. The molecular weight excluding hydrogens is 164 g/mol. The van der Waals surface area contributed by atoms with E-state index in [1.807, 2.05) is 18.4 Å². The minimum Gasteiger partial charge on any atom is -0.319 e. The first kappa shape index (κ1) is 9.71. The maximum absolute atomic E-state index is 11.2. The van der Waals surface area contributed by atoms with Gasteiger partial charge in [-0.25, -0.2) is 4.98 Å². The van der Waals surface area contributed by atoms with Gasteiger partial charge in [0.15, 0.2) is 11.6 Å². The Labute approximate surface area is 78.1 Å². The van der Waals surface area contributed by atoms with Crippen molar-refractivity contribution < 1.29 is 4.79 Å². The summed E-state index contributed by atoms with van der Waals surface area (Å²) in [5, 5.41) is 0. The Kier molecular flexibility index (Phi) is 2.66. The van der Waals surface area contributed by atoms with Crippen LogP contribution in [0.1, 0.15) is 43.1 Å². The van der Waals surface area contributed by atoms with Crippen molar-refractivity contribution in [3.05, 3.63) is 24.3 Å². The van der Waals surface area contributed by atoms with Crippen LogP contribution in [-0.2, 0) is 0 Å². The van der Waals surface area contributed by atoms with E-state index in [-0.39, 0.29) is 11.8 Å². The number of ketones is 1. The second-order valence-corrected chi connectivity index (χ2v) is 3.23. The Morgan fingerprint density at radius 3 is 2.69 bits per heavy atom. The predicted octanol–water partition coefficient (Wildman–Crippen LogP) is 2.31. The van der Waals surface area contributed by atoms with Crippen molar-refractivity contribution in [2.24, 2.45) is 0 Å². The second-order valence-electron chi connectivity index (χ2n) is 3.23. The van der Waals surface area contributed by atoms with Crippen molar-refractivity contribution >= 4 is 11.9 Å². The zero-order valence-electron chi connectivity index (χ0n) is 8.24. The van der Waals surface area contributed by atoms with Crippen LogP contribution >= 0.6 is 0 Å². The number of nitrogens with zero attached hydrogens (tertiary/aromatic N) is 2. The van der Waals surface area contributed by atoms with E-state index in [4.69, 9.17) is 0 Å². The quantitative estimate of drug-likeness (QED) is 0.666. The number of rotatable bonds is 3. The molecule has 1 heterocycles. The molecule has 0 atom stereocenters. The van der Waals surface area contributed by atoms with Crippen LogP contribution in [0.2, 0.25) is 0 Å². The first-order valence-electron chi connectivity index (χ1n) is 4.28. The maximum atomic E-state index is 11.2. The van der Waals surface area contributed by atoms with Gasteiger partial charge in [0, 0.05) is 13.0 Å². The van der Waals surface area contributed by atoms with E-state index < -0.39 is 0 Å². The lowest BCUT2D eigenvalue weighted by Gasteiger charge is -2.11. The zero-order chi connectivity index (χ0) is 10.0. The van der Waals surface area contributed by atoms with E-state index >= 15 is 0 Å². The molecule has 0 bridgehead atoms. The molecule has 0 unspecified atom stereocenters. The summed E-state index contributed by atoms with van der Waals surface area (Å²) in [6.45, 7) is 9.23. The van der Waals surface area contributed by atoms with Gasteiger partial charge >= 0.3 is 0 Å². The first-order valence-corrected chi connectivity index (χ1v) is 4.28. The minimum absolute atomic E-state index is 0.0122. The minimum atomic E-state index is -0.0122. The number of carbonyl (C=O) groups is 1. The number of aromatic nitrogens is 2. The van der Waals surface area contributed by atoms with Gasteiger partial charge in [0.05, 0.1) is 11.9 Å². The Morgan fingerprint density at radius 1 is 1.69 bits per heavy atom. The van der Waals surface area contributed by atoms with E-state index in [9.17, 15) is 4.79 Å². The van der Waals surface area contributed by atoms with Crippen LogP contribution in [0, 0.1) is 0 Å². The summed E-state index contributed by atoms with van der Waals surface area (Å²) in [5.41, 5.74) is 0.889. The highest BCUT2D eigenvalue weighted by Gasteiger charge is 2.13. The summed E-state index contributed by atoms with van der Waals surface area (Å²) >= 11 is 0. The molecule has 70 valence electrons. The number of hydrogen-bond acceptors (Lipinski definition) is 2. The van der Waals surface area contributed by atoms with Gasteiger partial charge in [0.25, 0.3) is 0 Å². The van der Waals surface area contributed by atoms with E-state index in [0.717, 1.165) is 5.69 Å². The predicted molar refractivity (Wildman–Crippen MR) is 52.7 cm³/mol. The number of carbonyl (C=O) groups excluding carboxylic acids is 1. The van der Waals surface area contributed by atoms with Crippen LogP contribution in [0.4, 0.5) is 0 Å². The maximum Gasteiger partial charge on any atom is 0.195 e. The standard InChI is InChI=1S/C10H14N2O/c1-5-9-6-11-10(8(4)13)12(9)7(2)3/h5-7H,1H2,2-4H3. The Bertz CT molecular complexity index is 337. The first-order chi connectivity index (χ1) is 6.07. The monoisotopic (exact) mass is 178 g/mol. The lowest BCUT2D eigenvalue weighted by atomic mass is 10.3. The molecular formula is C10H14N2O. The molecule has 0 aliphatic rings. The second kappa shape index (κ2) is 3.56. The Hall–Kier alpha value is -1.38. The molecule has 0 N–H and O–H groups in total. The van der Waals surface area contributed by atoms with E-state index in [1.165, 1.54) is 6.92 Å². The largest absolute Gasteiger partial charge is 0.319 e. The van der Waals surface area contributed by atoms with Crippen LogP contribution in [0.5, 0.6) is 0 Å². The molecule has 0 aliphatic heterocycles. The van der Waals surface area contributed by atoms with Crippen molar-refractivity contribution in [3.8, 4) is 0 Å². The molecule has 0 aromatic carbocycles. The van der Waals surface area contributed by atoms with E-state index in [2.05, 4.69) is 11.6 Å². The zero-order valence-corrected chi connectivity index (χ0v) is 8.24. The molecule has 3 heteroatoms. The molecule has 0 saturated heterocycles. The van der Waals surface area contributed by atoms with Crippen LogP contribution in [0.25, 0.3) is 6.08 Å². The molecule has 13 heavy (non-hydrogen) atoms. The molecule has 0 amide bonds. The molecule has 0 radical (unpaired) electrons. The molecule has 1 rings (SSSR count). The van der Waals surface area contributed by atoms with Gasteiger partial charge in [-0.15, -0.1) is 0 Å². The van der Waals surface area contributed by atoms with Gasteiger partial charge in [0.1, 0.15) is 0 Å². The average Bonchev–Trinajstić information content (AvgIpc) is 2.46. The third-order valence-corrected chi connectivity index (χ3v) is 1.87. The van der Waals surface area contributed by atoms with Gasteiger partial charge in [-0.3, -0.25) is 4.79 Å². The van der Waals surface area contributed by atoms with Gasteiger partial charge in [-0.05, 0) is 19.9 Å². The van der Waals surface area contributed by atoms with Gasteiger partial charge in [0.2, 0.25) is 0 Å². The van der Waals surface area contributed by atoms with E-state index in [1.54, 1.807) is 12.3 Å². The average molecular weight is 178 g/mol. The summed E-state index contributed by atoms with van der Waals surface area (Å²) in [6.07, 6.45) is 3.38. The van der Waals surface area contributed by atoms with Gasteiger partial charge < -0.3 is 4.57 Å². The highest BCUT2D eigenvalue weighted by atomic mass is 16.1. The fourth-order valence-corrected chi connectivity index (χ4v) is 1.33. The fraction of sp³-hybridized carbons (Fsp3) is 0.400. The van der Waals surface area contributed by atoms with Crippen LogP contribution in [-0.4, -0.2) is 15.3 Å². The summed E-state index contributed by atoms with van der Waals surface area (Å²) < 4.78 is 1.88. The van der Waals surface area contributed by atoms with Crippen LogP contribution in [0.3, 0.4) is 0 Å². The van der Waals surface area contributed by atoms with Crippen molar-refractivity contribution in [3.63, 3.8) is 0 Å². The Morgan fingerprint density at radius 2 is 2.31 bits per heavy atom. The summed E-state index contributed by atoms with van der Waals surface area (Å²) in [6, 6.07) is 0.231. The third-order valence-electron chi connectivity index (χ3n) is 1.87. The summed E-state index contributed by atoms with van der Waals surface area (Å²) in [7, 11) is 0. The van der Waals surface area contributed by atoms with E-state index in [0.29, 0.717) is 5.82 Å². The van der Waals surface area contributed by atoms with Crippen molar-refractivity contribution in [1.82, 2.24) is 9.55 Å². The Balaban J connectivity index is 3.29. The summed E-state index contributed by atoms with van der Waals surface area (Å²) in [4.78, 5) is 15.2. The van der Waals surface area contributed by atoms with Crippen molar-refractivity contribution in [1.29, 1.82) is 0 Å². The molecule has 1 aromatic heterocycles. The SMILES string of the molecule is C=Cc1cnc(C(C)=O)n1C(C)C. The topological polar surface area (TPSA) is 34.9 Å². The highest BCUT2D eigenvalue weighted by molar-refractivity contribution is 5.91. The molecule has 0 saturated carbocycles. The molecule has 3 nitrogen and oxygen atoms in total. The molecule has 0 spiro atoms. The van der Waals surface area contributed by atoms with Gasteiger partial charge in [-0.1, -0.05) is 6.58 Å². The normalized spacial score (nSPS) is 10.5. The van der Waals surface area contributed by atoms with Crippen LogP contribution in [0.15, 0.2) is 12.8 Å². The number of Topliss-reactive ketones (excluding diaryl/α,β-unsaturated/α-hetero) is 1. The number of imidazole rings is 1. The fourth-order valence-electron chi connectivity index (χ4n) is 1.33. The van der Waals surface area contributed by atoms with Crippen molar-refractivity contribution in [2.75, 3.05) is 0 Å². The lowest BCUT2D eigenvalue weighted by Crippen LogP contribution is -2.11. The molecule has 0 fully saturated rings. The molecule has 1 aromatic rings. The van der Waals surface area contributed by atoms with Crippen LogP contribution < -0.4 is 0 Å². The highest BCUT2D eigenvalue weighted by Crippen LogP contribution is 2.14. The van der Waals surface area contributed by atoms with Crippen molar-refractivity contribution in [2.45, 2.75) is 26.8 Å². The lowest BCUT2D eigenvalue weighted by molar-refractivity contribution is 0.0998. The number of hydrogen-bond donors (Lipinski definition) is 0. The van der Waals surface area contributed by atoms with Gasteiger partial charge in [-0.2, -0.15) is 0 Å². The smallest absolute Gasteiger partial charge is 0.195 e.